The van der Waals surface area contributed by atoms with Gasteiger partial charge in [0.1, 0.15) is 5.60 Å². The van der Waals surface area contributed by atoms with Crippen LogP contribution in [0.1, 0.15) is 139 Å². The molecule has 0 saturated carbocycles. The third-order valence-corrected chi connectivity index (χ3v) is 12.4. The molecular formula is C29H59NO3Si. The summed E-state index contributed by atoms with van der Waals surface area (Å²) in [5.74, 6) is 0. The molecule has 0 unspecified atom stereocenters. The minimum absolute atomic E-state index is 0.0471. The molecule has 4 nitrogen and oxygen atoms in total. The van der Waals surface area contributed by atoms with Gasteiger partial charge in [-0.05, 0) is 65.1 Å². The second-order valence-electron chi connectivity index (χ2n) is 13.2. The maximum absolute atomic E-state index is 13.3. The Hall–Kier alpha value is -0.553. The fraction of sp³-hybridized carbons (Fsp3) is 0.966. The first kappa shape index (κ1) is 31.5. The molecule has 0 aromatic carbocycles. The molecule has 0 radical (unpaired) electrons. The molecule has 34 heavy (non-hydrogen) atoms. The van der Waals surface area contributed by atoms with Gasteiger partial charge < -0.3 is 9.16 Å². The van der Waals surface area contributed by atoms with Crippen molar-refractivity contribution in [3.8, 4) is 0 Å². The lowest BCUT2D eigenvalue weighted by atomic mass is 9.91. The molecule has 0 spiro atoms. The third-order valence-electron chi connectivity index (χ3n) is 7.90. The summed E-state index contributed by atoms with van der Waals surface area (Å²) >= 11 is 0. The van der Waals surface area contributed by atoms with Crippen molar-refractivity contribution in [3.05, 3.63) is 0 Å². The van der Waals surface area contributed by atoms with Gasteiger partial charge in [0, 0.05) is 6.04 Å². The van der Waals surface area contributed by atoms with E-state index in [2.05, 4.69) is 47.7 Å². The summed E-state index contributed by atoms with van der Waals surface area (Å²) in [7, 11) is -1.90. The van der Waals surface area contributed by atoms with Crippen LogP contribution in [0.25, 0.3) is 0 Å². The highest BCUT2D eigenvalue weighted by Gasteiger charge is 2.45. The molecule has 1 heterocycles. The number of piperidine rings is 1. The fourth-order valence-electron chi connectivity index (χ4n) is 4.74. The Labute approximate surface area is 214 Å². The van der Waals surface area contributed by atoms with Gasteiger partial charge in [0.2, 0.25) is 0 Å². The first-order valence-corrected chi connectivity index (χ1v) is 17.3. The fourth-order valence-corrected chi connectivity index (χ4v) is 6.17. The van der Waals surface area contributed by atoms with Crippen molar-refractivity contribution < 1.29 is 14.0 Å². The van der Waals surface area contributed by atoms with Crippen LogP contribution in [-0.2, 0) is 9.16 Å². The molecule has 1 saturated heterocycles. The molecule has 5 heteroatoms. The number of amides is 1. The highest BCUT2D eigenvalue weighted by Crippen LogP contribution is 2.40. The zero-order chi connectivity index (χ0) is 26.0. The van der Waals surface area contributed by atoms with Crippen molar-refractivity contribution in [2.24, 2.45) is 0 Å². The summed E-state index contributed by atoms with van der Waals surface area (Å²) in [4.78, 5) is 15.3. The molecule has 1 aliphatic rings. The monoisotopic (exact) mass is 497 g/mol. The van der Waals surface area contributed by atoms with Gasteiger partial charge in [-0.1, -0.05) is 91.9 Å². The van der Waals surface area contributed by atoms with E-state index in [9.17, 15) is 4.79 Å². The van der Waals surface area contributed by atoms with Crippen LogP contribution < -0.4 is 0 Å². The van der Waals surface area contributed by atoms with Crippen molar-refractivity contribution in [2.75, 3.05) is 0 Å². The number of carbonyl (C=O) groups is 1. The molecule has 1 fully saturated rings. The van der Waals surface area contributed by atoms with Crippen molar-refractivity contribution in [2.45, 2.75) is 181 Å². The van der Waals surface area contributed by atoms with Crippen molar-refractivity contribution >= 4 is 14.4 Å². The first-order valence-electron chi connectivity index (χ1n) is 14.4. The number of ether oxygens (including phenoxy) is 1. The van der Waals surface area contributed by atoms with E-state index < -0.39 is 13.9 Å². The highest BCUT2D eigenvalue weighted by atomic mass is 28.4. The summed E-state index contributed by atoms with van der Waals surface area (Å²) < 4.78 is 12.7. The molecule has 0 aliphatic carbocycles. The van der Waals surface area contributed by atoms with Gasteiger partial charge in [0.15, 0.2) is 8.32 Å². The average Bonchev–Trinajstić information content (AvgIpc) is 2.69. The SMILES string of the molecule is CCCCCCCCCCCC[C@H]1CC[C@H](O[Si](C)(C)C(C)(C)C)[C@@H](C)N1C(=O)OC(C)(C)C. The van der Waals surface area contributed by atoms with Crippen LogP contribution in [0, 0.1) is 0 Å². The van der Waals surface area contributed by atoms with Gasteiger partial charge in [0.05, 0.1) is 12.1 Å². The van der Waals surface area contributed by atoms with Crippen LogP contribution in [0.2, 0.25) is 18.1 Å². The third kappa shape index (κ3) is 11.0. The molecule has 1 aliphatic heterocycles. The minimum Gasteiger partial charge on any atom is -0.444 e. The first-order chi connectivity index (χ1) is 15.7. The van der Waals surface area contributed by atoms with Gasteiger partial charge in [-0.2, -0.15) is 0 Å². The Morgan fingerprint density at radius 3 is 1.82 bits per heavy atom. The van der Waals surface area contributed by atoms with Crippen molar-refractivity contribution in [1.82, 2.24) is 4.90 Å². The number of carbonyl (C=O) groups excluding carboxylic acids is 1. The standard InChI is InChI=1S/C29H59NO3Si/c1-11-12-13-14-15-16-17-18-19-20-21-25-22-23-26(33-34(9,10)29(6,7)8)24(2)30(25)27(31)32-28(3,4)5/h24-26H,11-23H2,1-10H3/t24-,25+,26+/m1/s1. The normalized spacial score (nSPS) is 22.2. The van der Waals surface area contributed by atoms with Gasteiger partial charge in [-0.15, -0.1) is 0 Å². The second kappa shape index (κ2) is 14.3. The van der Waals surface area contributed by atoms with Gasteiger partial charge in [-0.25, -0.2) is 4.79 Å². The summed E-state index contributed by atoms with van der Waals surface area (Å²) in [5.41, 5.74) is -0.480. The predicted molar refractivity (Wildman–Crippen MR) is 149 cm³/mol. The van der Waals surface area contributed by atoms with Crippen molar-refractivity contribution in [1.29, 1.82) is 0 Å². The van der Waals surface area contributed by atoms with Crippen LogP contribution in [0.4, 0.5) is 4.79 Å². The Balaban J connectivity index is 2.65. The number of nitrogens with zero attached hydrogens (tertiary/aromatic N) is 1. The summed E-state index contributed by atoms with van der Waals surface area (Å²) in [6.45, 7) is 21.8. The lowest BCUT2D eigenvalue weighted by Gasteiger charge is -2.48. The second-order valence-corrected chi connectivity index (χ2v) is 18.0. The molecule has 0 aromatic rings. The zero-order valence-corrected chi connectivity index (χ0v) is 25.6. The van der Waals surface area contributed by atoms with E-state index in [0.717, 1.165) is 19.3 Å². The van der Waals surface area contributed by atoms with Crippen molar-refractivity contribution in [3.63, 3.8) is 0 Å². The van der Waals surface area contributed by atoms with Crippen LogP contribution >= 0.6 is 0 Å². The molecule has 202 valence electrons. The van der Waals surface area contributed by atoms with Gasteiger partial charge in [0.25, 0.3) is 0 Å². The minimum atomic E-state index is -1.90. The number of likely N-dealkylation sites (tertiary alicyclic amines) is 1. The lowest BCUT2D eigenvalue weighted by molar-refractivity contribution is -0.0365. The summed E-state index contributed by atoms with van der Waals surface area (Å²) in [5, 5.41) is 0.163. The Morgan fingerprint density at radius 2 is 1.35 bits per heavy atom. The van der Waals surface area contributed by atoms with Crippen LogP contribution in [-0.4, -0.2) is 43.1 Å². The van der Waals surface area contributed by atoms with E-state index in [0.29, 0.717) is 0 Å². The zero-order valence-electron chi connectivity index (χ0n) is 24.6. The quantitative estimate of drug-likeness (QED) is 0.188. The molecule has 0 bridgehead atoms. The number of hydrogen-bond acceptors (Lipinski definition) is 3. The Morgan fingerprint density at radius 1 is 0.853 bits per heavy atom. The lowest BCUT2D eigenvalue weighted by Crippen LogP contribution is -2.59. The van der Waals surface area contributed by atoms with Gasteiger partial charge in [-0.3, -0.25) is 4.90 Å². The number of rotatable bonds is 13. The Bertz CT molecular complexity index is 579. The summed E-state index contributed by atoms with van der Waals surface area (Å²) in [6.07, 6.45) is 16.5. The van der Waals surface area contributed by atoms with E-state index in [-0.39, 0.29) is 29.3 Å². The maximum atomic E-state index is 13.3. The molecular weight excluding hydrogens is 438 g/mol. The van der Waals surface area contributed by atoms with E-state index in [1.54, 1.807) is 0 Å². The van der Waals surface area contributed by atoms with Crippen LogP contribution in [0.15, 0.2) is 0 Å². The van der Waals surface area contributed by atoms with E-state index in [4.69, 9.17) is 9.16 Å². The topological polar surface area (TPSA) is 38.8 Å². The highest BCUT2D eigenvalue weighted by molar-refractivity contribution is 6.74. The average molecular weight is 498 g/mol. The van der Waals surface area contributed by atoms with E-state index in [1.165, 1.54) is 64.2 Å². The maximum Gasteiger partial charge on any atom is 0.410 e. The van der Waals surface area contributed by atoms with Gasteiger partial charge >= 0.3 is 6.09 Å². The van der Waals surface area contributed by atoms with Crippen LogP contribution in [0.3, 0.4) is 0 Å². The molecule has 1 amide bonds. The molecule has 0 N–H and O–H groups in total. The predicted octanol–water partition coefficient (Wildman–Crippen LogP) is 9.48. The molecule has 3 atom stereocenters. The summed E-state index contributed by atoms with van der Waals surface area (Å²) in [6, 6.07) is 0.309. The smallest absolute Gasteiger partial charge is 0.410 e. The molecule has 0 aromatic heterocycles. The van der Waals surface area contributed by atoms with Crippen LogP contribution in [0.5, 0.6) is 0 Å². The van der Waals surface area contributed by atoms with E-state index >= 15 is 0 Å². The number of unbranched alkanes of at least 4 members (excludes halogenated alkanes) is 9. The molecule has 1 rings (SSSR count). The number of hydrogen-bond donors (Lipinski definition) is 0. The largest absolute Gasteiger partial charge is 0.444 e. The van der Waals surface area contributed by atoms with E-state index in [1.807, 2.05) is 25.7 Å². The Kier molecular flexibility index (Phi) is 13.2.